The molecule has 0 aliphatic carbocycles. The molecule has 18 heavy (non-hydrogen) atoms. The zero-order chi connectivity index (χ0) is 13.0. The Hall–Kier alpha value is -0.480. The van der Waals surface area contributed by atoms with Crippen molar-refractivity contribution in [2.24, 2.45) is 5.41 Å². The zero-order valence-electron chi connectivity index (χ0n) is 11.4. The van der Waals surface area contributed by atoms with E-state index in [2.05, 4.69) is 23.4 Å². The number of rotatable bonds is 4. The average molecular weight is 268 g/mol. The van der Waals surface area contributed by atoms with Crippen LogP contribution >= 0.6 is 11.8 Å². The number of carbonyl (C=O) groups is 1. The van der Waals surface area contributed by atoms with E-state index in [1.807, 2.05) is 6.08 Å². The molecule has 1 spiro atoms. The van der Waals surface area contributed by atoms with Gasteiger partial charge in [-0.15, -0.1) is 18.3 Å². The summed E-state index contributed by atoms with van der Waals surface area (Å²) in [5.41, 5.74) is 0.395. The molecule has 0 bridgehead atoms. The van der Waals surface area contributed by atoms with Crippen LogP contribution in [0.25, 0.3) is 0 Å². The number of carbonyl (C=O) groups excluding carboxylic acids is 1. The van der Waals surface area contributed by atoms with Crippen LogP contribution in [0.3, 0.4) is 0 Å². The third-order valence-corrected chi connectivity index (χ3v) is 5.03. The molecule has 1 amide bonds. The number of nitrogens with zero attached hydrogens (tertiary/aromatic N) is 2. The molecule has 3 nitrogen and oxygen atoms in total. The molecule has 0 saturated carbocycles. The minimum Gasteiger partial charge on any atom is -0.341 e. The third-order valence-electron chi connectivity index (χ3n) is 4.10. The zero-order valence-corrected chi connectivity index (χ0v) is 12.2. The van der Waals surface area contributed by atoms with Gasteiger partial charge >= 0.3 is 0 Å². The molecule has 2 fully saturated rings. The van der Waals surface area contributed by atoms with Crippen LogP contribution in [0.15, 0.2) is 12.7 Å². The first kappa shape index (κ1) is 13.9. The van der Waals surface area contributed by atoms with Crippen LogP contribution in [-0.4, -0.2) is 60.4 Å². The number of thioether (sulfide) groups is 1. The molecular formula is C14H24N2OS. The Morgan fingerprint density at radius 3 is 2.89 bits per heavy atom. The van der Waals surface area contributed by atoms with Gasteiger partial charge in [0.05, 0.1) is 5.75 Å². The summed E-state index contributed by atoms with van der Waals surface area (Å²) < 4.78 is 0. The van der Waals surface area contributed by atoms with Crippen LogP contribution in [0, 0.1) is 5.41 Å². The molecule has 0 aromatic carbocycles. The molecule has 2 rings (SSSR count). The Bertz CT molecular complexity index is 317. The summed E-state index contributed by atoms with van der Waals surface area (Å²) in [4.78, 5) is 16.7. The van der Waals surface area contributed by atoms with Gasteiger partial charge in [0.15, 0.2) is 0 Å². The summed E-state index contributed by atoms with van der Waals surface area (Å²) >= 11 is 1.67. The van der Waals surface area contributed by atoms with Gasteiger partial charge in [-0.05, 0) is 32.9 Å². The van der Waals surface area contributed by atoms with Crippen LogP contribution in [-0.2, 0) is 4.79 Å². The van der Waals surface area contributed by atoms with Crippen molar-refractivity contribution in [3.05, 3.63) is 12.7 Å². The monoisotopic (exact) mass is 268 g/mol. The summed E-state index contributed by atoms with van der Waals surface area (Å²) in [5, 5.41) is 0. The summed E-state index contributed by atoms with van der Waals surface area (Å²) in [6.45, 7) is 7.97. The standard InChI is InChI=1S/C14H24N2OS/c1-3-9-18-10-13(17)16-7-4-5-14(12-16)6-8-15(2)11-14/h3H,1,4-12H2,2H3/t14-/m1/s1. The normalized spacial score (nSPS) is 28.8. The van der Waals surface area contributed by atoms with E-state index in [1.54, 1.807) is 11.8 Å². The van der Waals surface area contributed by atoms with Gasteiger partial charge in [0.1, 0.15) is 0 Å². The first-order valence-electron chi connectivity index (χ1n) is 6.80. The van der Waals surface area contributed by atoms with Crippen molar-refractivity contribution in [2.45, 2.75) is 19.3 Å². The Balaban J connectivity index is 1.86. The van der Waals surface area contributed by atoms with E-state index in [-0.39, 0.29) is 0 Å². The lowest BCUT2D eigenvalue weighted by Crippen LogP contribution is -2.47. The van der Waals surface area contributed by atoms with Gasteiger partial charge < -0.3 is 9.80 Å². The van der Waals surface area contributed by atoms with Crippen LogP contribution in [0.5, 0.6) is 0 Å². The van der Waals surface area contributed by atoms with Crippen molar-refractivity contribution >= 4 is 17.7 Å². The van der Waals surface area contributed by atoms with Crippen LogP contribution in [0.1, 0.15) is 19.3 Å². The summed E-state index contributed by atoms with van der Waals surface area (Å²) in [6.07, 6.45) is 5.58. The van der Waals surface area contributed by atoms with Gasteiger partial charge in [0.2, 0.25) is 5.91 Å². The van der Waals surface area contributed by atoms with Crippen LogP contribution in [0.4, 0.5) is 0 Å². The van der Waals surface area contributed by atoms with E-state index >= 15 is 0 Å². The summed E-state index contributed by atoms with van der Waals surface area (Å²) in [5.74, 6) is 1.79. The third kappa shape index (κ3) is 3.29. The molecular weight excluding hydrogens is 244 g/mol. The molecule has 0 radical (unpaired) electrons. The Morgan fingerprint density at radius 2 is 2.22 bits per heavy atom. The van der Waals surface area contributed by atoms with Gasteiger partial charge in [0, 0.05) is 30.8 Å². The average Bonchev–Trinajstić information content (AvgIpc) is 2.70. The molecule has 4 heteroatoms. The number of hydrogen-bond acceptors (Lipinski definition) is 3. The molecule has 2 aliphatic rings. The van der Waals surface area contributed by atoms with Gasteiger partial charge in [0.25, 0.3) is 0 Å². The lowest BCUT2D eigenvalue weighted by Gasteiger charge is -2.40. The second-order valence-corrected chi connectivity index (χ2v) is 6.74. The Kier molecular flexibility index (Phi) is 4.73. The van der Waals surface area contributed by atoms with E-state index in [0.717, 1.165) is 25.4 Å². The minimum atomic E-state index is 0.315. The topological polar surface area (TPSA) is 23.6 Å². The fourth-order valence-electron chi connectivity index (χ4n) is 3.23. The highest BCUT2D eigenvalue weighted by Gasteiger charge is 2.41. The van der Waals surface area contributed by atoms with Crippen molar-refractivity contribution in [3.63, 3.8) is 0 Å². The number of likely N-dealkylation sites (tertiary alicyclic amines) is 2. The predicted octanol–water partition coefficient (Wildman–Crippen LogP) is 1.85. The Morgan fingerprint density at radius 1 is 1.39 bits per heavy atom. The molecule has 0 aromatic rings. The maximum Gasteiger partial charge on any atom is 0.232 e. The van der Waals surface area contributed by atoms with E-state index in [1.165, 1.54) is 25.8 Å². The molecule has 102 valence electrons. The number of piperidine rings is 1. The Labute approximate surface area is 115 Å². The van der Waals surface area contributed by atoms with Gasteiger partial charge in [-0.2, -0.15) is 0 Å². The predicted molar refractivity (Wildman–Crippen MR) is 77.9 cm³/mol. The van der Waals surface area contributed by atoms with E-state index in [4.69, 9.17) is 0 Å². The summed E-state index contributed by atoms with van der Waals surface area (Å²) in [6, 6.07) is 0. The van der Waals surface area contributed by atoms with Crippen molar-refractivity contribution < 1.29 is 4.79 Å². The van der Waals surface area contributed by atoms with Crippen molar-refractivity contribution in [2.75, 3.05) is 44.7 Å². The van der Waals surface area contributed by atoms with Gasteiger partial charge in [-0.1, -0.05) is 6.08 Å². The number of hydrogen-bond donors (Lipinski definition) is 0. The summed E-state index contributed by atoms with van der Waals surface area (Å²) in [7, 11) is 2.19. The second kappa shape index (κ2) is 6.11. The maximum absolute atomic E-state index is 12.2. The van der Waals surface area contributed by atoms with Gasteiger partial charge in [-0.25, -0.2) is 0 Å². The van der Waals surface area contributed by atoms with E-state index in [0.29, 0.717) is 17.1 Å². The quantitative estimate of drug-likeness (QED) is 0.574. The van der Waals surface area contributed by atoms with Crippen molar-refractivity contribution in [3.8, 4) is 0 Å². The van der Waals surface area contributed by atoms with Crippen molar-refractivity contribution in [1.82, 2.24) is 9.80 Å². The highest BCUT2D eigenvalue weighted by molar-refractivity contribution is 8.00. The molecule has 2 saturated heterocycles. The first-order chi connectivity index (χ1) is 8.65. The second-order valence-electron chi connectivity index (χ2n) is 5.71. The lowest BCUT2D eigenvalue weighted by molar-refractivity contribution is -0.131. The fourth-order valence-corrected chi connectivity index (χ4v) is 3.88. The highest BCUT2D eigenvalue weighted by atomic mass is 32.2. The van der Waals surface area contributed by atoms with E-state index in [9.17, 15) is 4.79 Å². The number of amides is 1. The van der Waals surface area contributed by atoms with Gasteiger partial charge in [-0.3, -0.25) is 4.79 Å². The molecule has 2 heterocycles. The molecule has 0 aromatic heterocycles. The van der Waals surface area contributed by atoms with Crippen LogP contribution < -0.4 is 0 Å². The molecule has 1 atom stereocenters. The molecule has 0 unspecified atom stereocenters. The fraction of sp³-hybridized carbons (Fsp3) is 0.786. The molecule has 0 N–H and O–H groups in total. The van der Waals surface area contributed by atoms with Crippen LogP contribution in [0.2, 0.25) is 0 Å². The highest BCUT2D eigenvalue weighted by Crippen LogP contribution is 2.38. The smallest absolute Gasteiger partial charge is 0.232 e. The largest absolute Gasteiger partial charge is 0.341 e. The van der Waals surface area contributed by atoms with Crippen molar-refractivity contribution in [1.29, 1.82) is 0 Å². The SMILES string of the molecule is C=CCSCC(=O)N1CCC[C@]2(CCN(C)C2)C1. The lowest BCUT2D eigenvalue weighted by atomic mass is 9.79. The van der Waals surface area contributed by atoms with E-state index < -0.39 is 0 Å². The molecule has 2 aliphatic heterocycles. The minimum absolute atomic E-state index is 0.315. The first-order valence-corrected chi connectivity index (χ1v) is 7.96. The maximum atomic E-state index is 12.2.